The Labute approximate surface area is 121 Å². The molecule has 0 aliphatic carbocycles. The Morgan fingerprint density at radius 2 is 2.11 bits per heavy atom. The standard InChI is InChI=1S/C12H13ClN2O2S2/c13-10-1-2-12(11(14)7-10)19(16,17)15-5-3-9-4-6-18-8-9/h1-2,4,6-8,15H,3,5,14H2. The number of benzene rings is 1. The second-order valence-corrected chi connectivity index (χ2v) is 6.91. The summed E-state index contributed by atoms with van der Waals surface area (Å²) in [5, 5.41) is 4.36. The fraction of sp³-hybridized carbons (Fsp3) is 0.167. The minimum Gasteiger partial charge on any atom is -0.398 e. The summed E-state index contributed by atoms with van der Waals surface area (Å²) in [6.45, 7) is 0.334. The Morgan fingerprint density at radius 3 is 2.74 bits per heavy atom. The Balaban J connectivity index is 2.05. The molecule has 0 radical (unpaired) electrons. The van der Waals surface area contributed by atoms with Crippen molar-refractivity contribution in [3.8, 4) is 0 Å². The Morgan fingerprint density at radius 1 is 1.32 bits per heavy atom. The van der Waals surface area contributed by atoms with Crippen LogP contribution in [0.15, 0.2) is 39.9 Å². The predicted octanol–water partition coefficient (Wildman–Crippen LogP) is 2.50. The molecule has 1 aromatic carbocycles. The van der Waals surface area contributed by atoms with Gasteiger partial charge in [-0.2, -0.15) is 11.3 Å². The molecule has 102 valence electrons. The van der Waals surface area contributed by atoms with Crippen LogP contribution >= 0.6 is 22.9 Å². The first-order valence-corrected chi connectivity index (χ1v) is 8.35. The number of rotatable bonds is 5. The average Bonchev–Trinajstić information content (AvgIpc) is 2.81. The van der Waals surface area contributed by atoms with Crippen molar-refractivity contribution in [3.05, 3.63) is 45.6 Å². The van der Waals surface area contributed by atoms with Gasteiger partial charge in [0.1, 0.15) is 4.90 Å². The van der Waals surface area contributed by atoms with E-state index < -0.39 is 10.0 Å². The van der Waals surface area contributed by atoms with Crippen molar-refractivity contribution in [2.24, 2.45) is 0 Å². The molecule has 0 saturated heterocycles. The number of hydrogen-bond acceptors (Lipinski definition) is 4. The van der Waals surface area contributed by atoms with E-state index in [1.54, 1.807) is 11.3 Å². The molecule has 1 aromatic heterocycles. The molecule has 1 heterocycles. The Hall–Kier alpha value is -1.08. The maximum absolute atomic E-state index is 12.1. The van der Waals surface area contributed by atoms with Gasteiger partial charge in [-0.25, -0.2) is 13.1 Å². The number of nitrogen functional groups attached to an aromatic ring is 1. The van der Waals surface area contributed by atoms with Gasteiger partial charge < -0.3 is 5.73 Å². The lowest BCUT2D eigenvalue weighted by molar-refractivity contribution is 0.582. The first kappa shape index (κ1) is 14.3. The van der Waals surface area contributed by atoms with Gasteiger partial charge in [0, 0.05) is 11.6 Å². The van der Waals surface area contributed by atoms with E-state index >= 15 is 0 Å². The van der Waals surface area contributed by atoms with Crippen LogP contribution in [0.1, 0.15) is 5.56 Å². The number of halogens is 1. The summed E-state index contributed by atoms with van der Waals surface area (Å²) in [6.07, 6.45) is 0.649. The number of nitrogens with one attached hydrogen (secondary N) is 1. The smallest absolute Gasteiger partial charge is 0.242 e. The van der Waals surface area contributed by atoms with Gasteiger partial charge in [0.2, 0.25) is 10.0 Å². The van der Waals surface area contributed by atoms with Gasteiger partial charge in [-0.1, -0.05) is 11.6 Å². The molecule has 2 aromatic rings. The SMILES string of the molecule is Nc1cc(Cl)ccc1S(=O)(=O)NCCc1ccsc1. The van der Waals surface area contributed by atoms with Gasteiger partial charge in [-0.05, 0) is 47.0 Å². The number of hydrogen-bond donors (Lipinski definition) is 2. The fourth-order valence-corrected chi connectivity index (χ4v) is 3.63. The third kappa shape index (κ3) is 3.70. The second-order valence-electron chi connectivity index (χ2n) is 3.96. The van der Waals surface area contributed by atoms with Gasteiger partial charge >= 0.3 is 0 Å². The highest BCUT2D eigenvalue weighted by atomic mass is 35.5. The summed E-state index contributed by atoms with van der Waals surface area (Å²) < 4.78 is 26.7. The largest absolute Gasteiger partial charge is 0.398 e. The van der Waals surface area contributed by atoms with E-state index in [0.717, 1.165) is 5.56 Å². The lowest BCUT2D eigenvalue weighted by atomic mass is 10.2. The highest BCUT2D eigenvalue weighted by Crippen LogP contribution is 2.22. The first-order valence-electron chi connectivity index (χ1n) is 5.55. The molecule has 2 rings (SSSR count). The molecule has 0 aliphatic heterocycles. The van der Waals surface area contributed by atoms with Crippen LogP contribution in [0.2, 0.25) is 5.02 Å². The molecule has 0 amide bonds. The van der Waals surface area contributed by atoms with Crippen molar-refractivity contribution in [1.82, 2.24) is 4.72 Å². The van der Waals surface area contributed by atoms with Crippen molar-refractivity contribution in [3.63, 3.8) is 0 Å². The summed E-state index contributed by atoms with van der Waals surface area (Å²) in [7, 11) is -3.59. The monoisotopic (exact) mass is 316 g/mol. The molecule has 7 heteroatoms. The third-order valence-electron chi connectivity index (χ3n) is 2.55. The topological polar surface area (TPSA) is 72.2 Å². The van der Waals surface area contributed by atoms with E-state index in [4.69, 9.17) is 17.3 Å². The number of sulfonamides is 1. The molecule has 3 N–H and O–H groups in total. The normalized spacial score (nSPS) is 11.6. The van der Waals surface area contributed by atoms with E-state index in [2.05, 4.69) is 4.72 Å². The molecule has 0 saturated carbocycles. The van der Waals surface area contributed by atoms with Crippen LogP contribution in [0, 0.1) is 0 Å². The molecule has 0 spiro atoms. The van der Waals surface area contributed by atoms with Crippen molar-refractivity contribution in [2.45, 2.75) is 11.3 Å². The molecular weight excluding hydrogens is 304 g/mol. The van der Waals surface area contributed by atoms with Crippen LogP contribution in [0.5, 0.6) is 0 Å². The first-order chi connectivity index (χ1) is 8.99. The molecule has 0 bridgehead atoms. The van der Waals surface area contributed by atoms with Gasteiger partial charge in [-0.3, -0.25) is 0 Å². The van der Waals surface area contributed by atoms with Crippen LogP contribution in [-0.2, 0) is 16.4 Å². The zero-order valence-electron chi connectivity index (χ0n) is 9.97. The van der Waals surface area contributed by atoms with Crippen LogP contribution in [0.3, 0.4) is 0 Å². The van der Waals surface area contributed by atoms with Gasteiger partial charge in [0.25, 0.3) is 0 Å². The number of anilines is 1. The molecular formula is C12H13ClN2O2S2. The average molecular weight is 317 g/mol. The fourth-order valence-electron chi connectivity index (χ4n) is 1.61. The minimum absolute atomic E-state index is 0.0576. The number of thiophene rings is 1. The third-order valence-corrected chi connectivity index (χ3v) is 5.05. The van der Waals surface area contributed by atoms with Crippen LogP contribution in [0.25, 0.3) is 0 Å². The number of nitrogens with two attached hydrogens (primary N) is 1. The molecule has 0 aliphatic rings. The second kappa shape index (κ2) is 5.92. The van der Waals surface area contributed by atoms with E-state index in [1.807, 2.05) is 16.8 Å². The highest BCUT2D eigenvalue weighted by Gasteiger charge is 2.16. The molecule has 4 nitrogen and oxygen atoms in total. The zero-order chi connectivity index (χ0) is 13.9. The zero-order valence-corrected chi connectivity index (χ0v) is 12.4. The lowest BCUT2D eigenvalue weighted by Crippen LogP contribution is -2.26. The van der Waals surface area contributed by atoms with Gasteiger partial charge in [0.15, 0.2) is 0 Å². The van der Waals surface area contributed by atoms with E-state index in [0.29, 0.717) is 18.0 Å². The van der Waals surface area contributed by atoms with Crippen molar-refractivity contribution >= 4 is 38.6 Å². The van der Waals surface area contributed by atoms with E-state index in [-0.39, 0.29) is 10.6 Å². The summed E-state index contributed by atoms with van der Waals surface area (Å²) in [4.78, 5) is 0.0576. The lowest BCUT2D eigenvalue weighted by Gasteiger charge is -2.09. The maximum atomic E-state index is 12.1. The summed E-state index contributed by atoms with van der Waals surface area (Å²) in [5.41, 5.74) is 6.93. The molecule has 0 atom stereocenters. The van der Waals surface area contributed by atoms with Crippen LogP contribution in [-0.4, -0.2) is 15.0 Å². The van der Waals surface area contributed by atoms with E-state index in [9.17, 15) is 8.42 Å². The summed E-state index contributed by atoms with van der Waals surface area (Å²) in [5.74, 6) is 0. The molecule has 0 fully saturated rings. The Kier molecular flexibility index (Phi) is 4.46. The van der Waals surface area contributed by atoms with Crippen molar-refractivity contribution < 1.29 is 8.42 Å². The minimum atomic E-state index is -3.59. The van der Waals surface area contributed by atoms with Crippen LogP contribution in [0.4, 0.5) is 5.69 Å². The van der Waals surface area contributed by atoms with E-state index in [1.165, 1.54) is 18.2 Å². The quantitative estimate of drug-likeness (QED) is 0.832. The van der Waals surface area contributed by atoms with Gasteiger partial charge in [-0.15, -0.1) is 0 Å². The highest BCUT2D eigenvalue weighted by molar-refractivity contribution is 7.89. The summed E-state index contributed by atoms with van der Waals surface area (Å²) >= 11 is 7.33. The van der Waals surface area contributed by atoms with Crippen LogP contribution < -0.4 is 10.5 Å². The van der Waals surface area contributed by atoms with Crippen molar-refractivity contribution in [1.29, 1.82) is 0 Å². The summed E-state index contributed by atoms with van der Waals surface area (Å²) in [6, 6.07) is 6.31. The van der Waals surface area contributed by atoms with Crippen molar-refractivity contribution in [2.75, 3.05) is 12.3 Å². The maximum Gasteiger partial charge on any atom is 0.242 e. The molecule has 19 heavy (non-hydrogen) atoms. The molecule has 0 unspecified atom stereocenters. The predicted molar refractivity (Wildman–Crippen MR) is 79.1 cm³/mol. The van der Waals surface area contributed by atoms with Gasteiger partial charge in [0.05, 0.1) is 5.69 Å². The Bertz CT molecular complexity index is 654.